The Morgan fingerprint density at radius 1 is 1.15 bits per heavy atom. The number of halogens is 4. The zero-order chi connectivity index (χ0) is 14.7. The van der Waals surface area contributed by atoms with Crippen LogP contribution in [0.3, 0.4) is 0 Å². The fourth-order valence-corrected chi connectivity index (χ4v) is 5.07. The molecule has 1 aromatic heterocycles. The molecule has 0 bridgehead atoms. The third-order valence-electron chi connectivity index (χ3n) is 2.87. The molecule has 1 heterocycles. The van der Waals surface area contributed by atoms with Gasteiger partial charge in [-0.05, 0) is 74.2 Å². The monoisotopic (exact) mass is 423 g/mol. The summed E-state index contributed by atoms with van der Waals surface area (Å²) in [5, 5.41) is 3.35. The zero-order valence-corrected chi connectivity index (χ0v) is 14.7. The van der Waals surface area contributed by atoms with E-state index in [9.17, 15) is 8.78 Å². The molecule has 0 radical (unpaired) electrons. The zero-order valence-electron chi connectivity index (χ0n) is 10.7. The van der Waals surface area contributed by atoms with Gasteiger partial charge >= 0.3 is 0 Å². The largest absolute Gasteiger partial charge is 0.310 e. The average molecular weight is 425 g/mol. The van der Waals surface area contributed by atoms with Gasteiger partial charge in [0, 0.05) is 12.1 Å². The molecule has 1 atom stereocenters. The van der Waals surface area contributed by atoms with Crippen LogP contribution >= 0.6 is 43.2 Å². The first-order valence-electron chi connectivity index (χ1n) is 6.12. The summed E-state index contributed by atoms with van der Waals surface area (Å²) in [5.41, 5.74) is 1.73. The molecule has 2 rings (SSSR count). The minimum atomic E-state index is -0.541. The number of likely N-dealkylation sites (N-methyl/N-ethyl adjacent to an activating group) is 1. The van der Waals surface area contributed by atoms with E-state index in [0.717, 1.165) is 25.7 Å². The molecule has 0 aliphatic carbocycles. The number of nitrogens with one attached hydrogen (secondary N) is 1. The standard InChI is InChI=1S/C14H13Br2F2NS/c1-2-19-12(11-7-13(15)20-14(11)16)5-8-3-9(17)6-10(18)4-8/h3-4,6-7,12,19H,2,5H2,1H3. The fourth-order valence-electron chi connectivity index (χ4n) is 2.09. The van der Waals surface area contributed by atoms with Crippen molar-refractivity contribution in [1.29, 1.82) is 0 Å². The van der Waals surface area contributed by atoms with Gasteiger partial charge in [0.2, 0.25) is 0 Å². The summed E-state index contributed by atoms with van der Waals surface area (Å²) in [6, 6.07) is 5.68. The average Bonchev–Trinajstić information content (AvgIpc) is 2.66. The lowest BCUT2D eigenvalue weighted by atomic mass is 10.0. The number of thiophene rings is 1. The van der Waals surface area contributed by atoms with Crippen LogP contribution < -0.4 is 5.32 Å². The molecular weight excluding hydrogens is 412 g/mol. The van der Waals surface area contributed by atoms with E-state index >= 15 is 0 Å². The van der Waals surface area contributed by atoms with Crippen molar-refractivity contribution in [2.45, 2.75) is 19.4 Å². The topological polar surface area (TPSA) is 12.0 Å². The van der Waals surface area contributed by atoms with Gasteiger partial charge < -0.3 is 5.32 Å². The van der Waals surface area contributed by atoms with Crippen molar-refractivity contribution in [3.05, 3.63) is 54.6 Å². The molecule has 1 unspecified atom stereocenters. The summed E-state index contributed by atoms with van der Waals surface area (Å²) in [6.07, 6.45) is 0.532. The summed E-state index contributed by atoms with van der Waals surface area (Å²) >= 11 is 8.57. The highest BCUT2D eigenvalue weighted by atomic mass is 79.9. The van der Waals surface area contributed by atoms with Gasteiger partial charge in [0.05, 0.1) is 7.57 Å². The van der Waals surface area contributed by atoms with Crippen LogP contribution in [-0.4, -0.2) is 6.54 Å². The number of hydrogen-bond donors (Lipinski definition) is 1. The molecule has 0 aliphatic heterocycles. The molecule has 6 heteroatoms. The highest BCUT2D eigenvalue weighted by molar-refractivity contribution is 9.12. The molecular formula is C14H13Br2F2NS. The first-order valence-corrected chi connectivity index (χ1v) is 8.53. The Kier molecular flexibility index (Phi) is 5.72. The van der Waals surface area contributed by atoms with Crippen molar-refractivity contribution in [3.63, 3.8) is 0 Å². The van der Waals surface area contributed by atoms with Gasteiger partial charge in [0.15, 0.2) is 0 Å². The van der Waals surface area contributed by atoms with Gasteiger partial charge in [0.1, 0.15) is 11.6 Å². The van der Waals surface area contributed by atoms with E-state index in [0.29, 0.717) is 12.0 Å². The predicted molar refractivity (Wildman–Crippen MR) is 86.2 cm³/mol. The van der Waals surface area contributed by atoms with Gasteiger partial charge in [-0.15, -0.1) is 11.3 Å². The first kappa shape index (κ1) is 16.1. The van der Waals surface area contributed by atoms with Crippen molar-refractivity contribution < 1.29 is 8.78 Å². The van der Waals surface area contributed by atoms with E-state index < -0.39 is 11.6 Å². The van der Waals surface area contributed by atoms with Crippen LogP contribution in [0, 0.1) is 11.6 Å². The second kappa shape index (κ2) is 7.11. The Morgan fingerprint density at radius 3 is 2.30 bits per heavy atom. The van der Waals surface area contributed by atoms with Crippen LogP contribution in [0.15, 0.2) is 31.8 Å². The summed E-state index contributed by atoms with van der Waals surface area (Å²) in [4.78, 5) is 0. The Labute approximate surface area is 137 Å². The maximum Gasteiger partial charge on any atom is 0.126 e. The Balaban J connectivity index is 2.27. The molecule has 1 aromatic carbocycles. The van der Waals surface area contributed by atoms with Crippen LogP contribution in [-0.2, 0) is 6.42 Å². The van der Waals surface area contributed by atoms with Crippen molar-refractivity contribution in [1.82, 2.24) is 5.32 Å². The third kappa shape index (κ3) is 4.10. The number of rotatable bonds is 5. The van der Waals surface area contributed by atoms with Crippen LogP contribution in [0.25, 0.3) is 0 Å². The lowest BCUT2D eigenvalue weighted by Gasteiger charge is -2.18. The van der Waals surface area contributed by atoms with E-state index in [2.05, 4.69) is 37.2 Å². The molecule has 0 saturated carbocycles. The molecule has 2 aromatic rings. The van der Waals surface area contributed by atoms with Gasteiger partial charge in [-0.25, -0.2) is 8.78 Å². The summed E-state index contributed by atoms with van der Waals surface area (Å²) in [5.74, 6) is -1.08. The van der Waals surface area contributed by atoms with Crippen molar-refractivity contribution >= 4 is 43.2 Å². The maximum absolute atomic E-state index is 13.3. The highest BCUT2D eigenvalue weighted by Crippen LogP contribution is 2.36. The van der Waals surface area contributed by atoms with E-state index in [1.807, 2.05) is 13.0 Å². The Morgan fingerprint density at radius 2 is 1.80 bits per heavy atom. The summed E-state index contributed by atoms with van der Waals surface area (Å²) < 4.78 is 28.6. The second-order valence-electron chi connectivity index (χ2n) is 4.37. The van der Waals surface area contributed by atoms with E-state index in [1.165, 1.54) is 12.1 Å². The highest BCUT2D eigenvalue weighted by Gasteiger charge is 2.17. The Bertz CT molecular complexity index is 581. The Hall–Kier alpha value is -0.300. The normalized spacial score (nSPS) is 12.7. The smallest absolute Gasteiger partial charge is 0.126 e. The fraction of sp³-hybridized carbons (Fsp3) is 0.286. The summed E-state index contributed by atoms with van der Waals surface area (Å²) in [7, 11) is 0. The van der Waals surface area contributed by atoms with Crippen LogP contribution in [0.1, 0.15) is 24.1 Å². The number of hydrogen-bond acceptors (Lipinski definition) is 2. The molecule has 108 valence electrons. The molecule has 1 nitrogen and oxygen atoms in total. The van der Waals surface area contributed by atoms with E-state index in [-0.39, 0.29) is 6.04 Å². The van der Waals surface area contributed by atoms with Gasteiger partial charge in [-0.2, -0.15) is 0 Å². The third-order valence-corrected chi connectivity index (χ3v) is 5.26. The molecule has 0 amide bonds. The van der Waals surface area contributed by atoms with Crippen LogP contribution in [0.4, 0.5) is 8.78 Å². The minimum absolute atomic E-state index is 0.0122. The van der Waals surface area contributed by atoms with Crippen molar-refractivity contribution in [2.24, 2.45) is 0 Å². The van der Waals surface area contributed by atoms with Gasteiger partial charge in [0.25, 0.3) is 0 Å². The minimum Gasteiger partial charge on any atom is -0.310 e. The van der Waals surface area contributed by atoms with Crippen LogP contribution in [0.5, 0.6) is 0 Å². The maximum atomic E-state index is 13.3. The van der Waals surface area contributed by atoms with Crippen LogP contribution in [0.2, 0.25) is 0 Å². The second-order valence-corrected chi connectivity index (χ2v) is 8.12. The molecule has 0 fully saturated rings. The molecule has 0 aliphatic rings. The SMILES string of the molecule is CCNC(Cc1cc(F)cc(F)c1)c1cc(Br)sc1Br. The van der Waals surface area contributed by atoms with Crippen molar-refractivity contribution in [2.75, 3.05) is 6.54 Å². The lowest BCUT2D eigenvalue weighted by Crippen LogP contribution is -2.23. The van der Waals surface area contributed by atoms with Gasteiger partial charge in [-0.1, -0.05) is 6.92 Å². The van der Waals surface area contributed by atoms with Gasteiger partial charge in [-0.3, -0.25) is 0 Å². The first-order chi connectivity index (χ1) is 9.49. The van der Waals surface area contributed by atoms with E-state index in [1.54, 1.807) is 11.3 Å². The molecule has 0 spiro atoms. The molecule has 20 heavy (non-hydrogen) atoms. The summed E-state index contributed by atoms with van der Waals surface area (Å²) in [6.45, 7) is 2.79. The molecule has 1 N–H and O–H groups in total. The van der Waals surface area contributed by atoms with E-state index in [4.69, 9.17) is 0 Å². The quantitative estimate of drug-likeness (QED) is 0.673. The molecule has 0 saturated heterocycles. The number of benzene rings is 1. The lowest BCUT2D eigenvalue weighted by molar-refractivity contribution is 0.539. The van der Waals surface area contributed by atoms with Crippen molar-refractivity contribution in [3.8, 4) is 0 Å². The predicted octanol–water partition coefficient (Wildman–Crippen LogP) is 5.44.